The summed E-state index contributed by atoms with van der Waals surface area (Å²) >= 11 is 0. The summed E-state index contributed by atoms with van der Waals surface area (Å²) < 4.78 is 5.75. The van der Waals surface area contributed by atoms with E-state index in [1.807, 2.05) is 6.21 Å². The maximum atomic E-state index is 5.75. The molecule has 0 spiro atoms. The molecule has 5 heteroatoms. The Balaban J connectivity index is 1.73. The molecular formula is C13H25N3O2. The number of aliphatic imine (C=N–C) groups is 1. The number of hydrogen-bond acceptors (Lipinski definition) is 5. The molecule has 0 bridgehead atoms. The zero-order valence-electron chi connectivity index (χ0n) is 11.8. The van der Waals surface area contributed by atoms with Crippen LogP contribution in [0.4, 0.5) is 0 Å². The number of hydrogen-bond donors (Lipinski definition) is 2. The van der Waals surface area contributed by atoms with E-state index in [-0.39, 0.29) is 17.7 Å². The van der Waals surface area contributed by atoms with Gasteiger partial charge >= 0.3 is 0 Å². The van der Waals surface area contributed by atoms with E-state index in [2.05, 4.69) is 43.5 Å². The van der Waals surface area contributed by atoms with Crippen molar-refractivity contribution in [3.63, 3.8) is 0 Å². The molecule has 1 saturated heterocycles. The lowest BCUT2D eigenvalue weighted by Crippen LogP contribution is -2.48. The van der Waals surface area contributed by atoms with Gasteiger partial charge in [0.25, 0.3) is 0 Å². The van der Waals surface area contributed by atoms with Crippen LogP contribution in [0.2, 0.25) is 0 Å². The van der Waals surface area contributed by atoms with E-state index in [1.54, 1.807) is 0 Å². The maximum absolute atomic E-state index is 5.75. The standard InChI is InChI=1S/C13H25N3O2/c1-9-5-10(18-16-9)8-17-12-7-14-11(6-15-12)13(2,3)4/h6,9-12,14,16H,5,7-8H2,1-4H3. The lowest BCUT2D eigenvalue weighted by Gasteiger charge is -2.33. The minimum atomic E-state index is -0.0805. The van der Waals surface area contributed by atoms with E-state index in [0.29, 0.717) is 18.7 Å². The van der Waals surface area contributed by atoms with Crippen molar-refractivity contribution in [1.82, 2.24) is 10.8 Å². The summed E-state index contributed by atoms with van der Waals surface area (Å²) in [4.78, 5) is 9.86. The van der Waals surface area contributed by atoms with E-state index < -0.39 is 0 Å². The molecular weight excluding hydrogens is 230 g/mol. The molecule has 4 unspecified atom stereocenters. The minimum absolute atomic E-state index is 0.0805. The fourth-order valence-corrected chi connectivity index (χ4v) is 2.17. The van der Waals surface area contributed by atoms with Crippen LogP contribution in [0.25, 0.3) is 0 Å². The first-order valence-corrected chi connectivity index (χ1v) is 6.74. The van der Waals surface area contributed by atoms with E-state index in [0.717, 1.165) is 13.0 Å². The Kier molecular flexibility index (Phi) is 4.37. The van der Waals surface area contributed by atoms with Crippen LogP contribution in [0.15, 0.2) is 4.99 Å². The lowest BCUT2D eigenvalue weighted by molar-refractivity contribution is -0.0487. The zero-order chi connectivity index (χ0) is 13.2. The minimum Gasteiger partial charge on any atom is -0.352 e. The Morgan fingerprint density at radius 2 is 2.22 bits per heavy atom. The largest absolute Gasteiger partial charge is 0.352 e. The first-order chi connectivity index (χ1) is 8.45. The van der Waals surface area contributed by atoms with Crippen LogP contribution in [0, 0.1) is 5.41 Å². The van der Waals surface area contributed by atoms with Crippen LogP contribution in [0.5, 0.6) is 0 Å². The van der Waals surface area contributed by atoms with Crippen molar-refractivity contribution in [2.75, 3.05) is 13.2 Å². The van der Waals surface area contributed by atoms with Crippen molar-refractivity contribution >= 4 is 6.21 Å². The molecule has 0 aromatic rings. The topological polar surface area (TPSA) is 54.9 Å². The van der Waals surface area contributed by atoms with Crippen molar-refractivity contribution in [2.24, 2.45) is 10.4 Å². The second kappa shape index (κ2) is 5.65. The van der Waals surface area contributed by atoms with Crippen LogP contribution in [-0.4, -0.2) is 43.8 Å². The summed E-state index contributed by atoms with van der Waals surface area (Å²) in [7, 11) is 0. The number of rotatable bonds is 3. The van der Waals surface area contributed by atoms with Gasteiger partial charge in [-0.05, 0) is 18.8 Å². The molecule has 2 heterocycles. The second-order valence-electron chi connectivity index (χ2n) is 6.33. The quantitative estimate of drug-likeness (QED) is 0.793. The van der Waals surface area contributed by atoms with Gasteiger partial charge in [-0.3, -0.25) is 9.83 Å². The normalized spacial score (nSPS) is 37.1. The van der Waals surface area contributed by atoms with Gasteiger partial charge in [0.1, 0.15) is 6.10 Å². The van der Waals surface area contributed by atoms with Gasteiger partial charge in [0.2, 0.25) is 0 Å². The molecule has 0 aliphatic carbocycles. The Morgan fingerprint density at radius 1 is 1.44 bits per heavy atom. The van der Waals surface area contributed by atoms with E-state index >= 15 is 0 Å². The van der Waals surface area contributed by atoms with Gasteiger partial charge in [0.05, 0.1) is 6.61 Å². The number of nitrogens with one attached hydrogen (secondary N) is 2. The van der Waals surface area contributed by atoms with Gasteiger partial charge in [-0.2, -0.15) is 5.48 Å². The Bertz CT molecular complexity index is 301. The first-order valence-electron chi connectivity index (χ1n) is 6.74. The highest BCUT2D eigenvalue weighted by Gasteiger charge is 2.28. The average Bonchev–Trinajstić information content (AvgIpc) is 2.72. The Labute approximate surface area is 109 Å². The zero-order valence-corrected chi connectivity index (χ0v) is 11.8. The SMILES string of the molecule is CC1CC(COC2CNC(C(C)(C)C)C=N2)ON1. The third-order valence-electron chi connectivity index (χ3n) is 3.37. The summed E-state index contributed by atoms with van der Waals surface area (Å²) in [6, 6.07) is 0.735. The van der Waals surface area contributed by atoms with Crippen molar-refractivity contribution in [3.8, 4) is 0 Å². The van der Waals surface area contributed by atoms with Crippen molar-refractivity contribution < 1.29 is 9.57 Å². The highest BCUT2D eigenvalue weighted by Crippen LogP contribution is 2.20. The van der Waals surface area contributed by atoms with Gasteiger partial charge < -0.3 is 10.1 Å². The number of ether oxygens (including phenoxy) is 1. The molecule has 0 amide bonds. The molecule has 0 aromatic carbocycles. The molecule has 2 aliphatic heterocycles. The molecule has 0 saturated carbocycles. The van der Waals surface area contributed by atoms with Gasteiger partial charge in [0.15, 0.2) is 6.23 Å². The highest BCUT2D eigenvalue weighted by molar-refractivity contribution is 5.66. The monoisotopic (exact) mass is 255 g/mol. The third-order valence-corrected chi connectivity index (χ3v) is 3.37. The van der Waals surface area contributed by atoms with Crippen molar-refractivity contribution in [1.29, 1.82) is 0 Å². The summed E-state index contributed by atoms with van der Waals surface area (Å²) in [5.41, 5.74) is 3.15. The van der Waals surface area contributed by atoms with Gasteiger partial charge in [0, 0.05) is 24.8 Å². The third kappa shape index (κ3) is 3.75. The summed E-state index contributed by atoms with van der Waals surface area (Å²) in [5.74, 6) is 0. The fourth-order valence-electron chi connectivity index (χ4n) is 2.17. The molecule has 104 valence electrons. The molecule has 4 atom stereocenters. The fraction of sp³-hybridized carbons (Fsp3) is 0.923. The van der Waals surface area contributed by atoms with Crippen LogP contribution in [0.1, 0.15) is 34.1 Å². The summed E-state index contributed by atoms with van der Waals surface area (Å²) in [6.07, 6.45) is 3.04. The Hall–Kier alpha value is -0.490. The second-order valence-corrected chi connectivity index (χ2v) is 6.33. The van der Waals surface area contributed by atoms with E-state index in [4.69, 9.17) is 9.57 Å². The smallest absolute Gasteiger partial charge is 0.160 e. The first kappa shape index (κ1) is 13.9. The maximum Gasteiger partial charge on any atom is 0.160 e. The highest BCUT2D eigenvalue weighted by atomic mass is 16.7. The molecule has 0 radical (unpaired) electrons. The molecule has 5 nitrogen and oxygen atoms in total. The Morgan fingerprint density at radius 3 is 2.72 bits per heavy atom. The predicted octanol–water partition coefficient (Wildman–Crippen LogP) is 1.10. The van der Waals surface area contributed by atoms with Gasteiger partial charge in [-0.1, -0.05) is 20.8 Å². The number of hydroxylamine groups is 1. The molecule has 1 fully saturated rings. The van der Waals surface area contributed by atoms with Crippen LogP contribution in [-0.2, 0) is 9.57 Å². The average molecular weight is 255 g/mol. The van der Waals surface area contributed by atoms with Crippen LogP contribution < -0.4 is 10.8 Å². The van der Waals surface area contributed by atoms with Crippen LogP contribution in [0.3, 0.4) is 0 Å². The lowest BCUT2D eigenvalue weighted by atomic mass is 9.87. The summed E-state index contributed by atoms with van der Waals surface area (Å²) in [6.45, 7) is 10.1. The molecule has 2 N–H and O–H groups in total. The molecule has 18 heavy (non-hydrogen) atoms. The predicted molar refractivity (Wildman–Crippen MR) is 71.6 cm³/mol. The number of nitrogens with zero attached hydrogens (tertiary/aromatic N) is 1. The molecule has 2 rings (SSSR count). The molecule has 2 aliphatic rings. The van der Waals surface area contributed by atoms with Crippen molar-refractivity contribution in [2.45, 2.75) is 58.5 Å². The van der Waals surface area contributed by atoms with Gasteiger partial charge in [-0.25, -0.2) is 0 Å². The summed E-state index contributed by atoms with van der Waals surface area (Å²) in [5, 5.41) is 3.46. The molecule has 0 aromatic heterocycles. The van der Waals surface area contributed by atoms with Crippen LogP contribution >= 0.6 is 0 Å². The van der Waals surface area contributed by atoms with E-state index in [9.17, 15) is 0 Å². The van der Waals surface area contributed by atoms with E-state index in [1.165, 1.54) is 0 Å². The van der Waals surface area contributed by atoms with Gasteiger partial charge in [-0.15, -0.1) is 0 Å². The van der Waals surface area contributed by atoms with Crippen molar-refractivity contribution in [3.05, 3.63) is 0 Å².